The van der Waals surface area contributed by atoms with Crippen molar-refractivity contribution in [3.05, 3.63) is 59.2 Å². The minimum absolute atomic E-state index is 0.00594. The van der Waals surface area contributed by atoms with E-state index in [9.17, 15) is 9.90 Å². The van der Waals surface area contributed by atoms with Crippen LogP contribution < -0.4 is 0 Å². The van der Waals surface area contributed by atoms with Crippen LogP contribution in [0.25, 0.3) is 0 Å². The van der Waals surface area contributed by atoms with Gasteiger partial charge >= 0.3 is 0 Å². The first-order valence-electron chi connectivity index (χ1n) is 10.0. The van der Waals surface area contributed by atoms with Gasteiger partial charge in [0.15, 0.2) is 0 Å². The van der Waals surface area contributed by atoms with Crippen molar-refractivity contribution in [3.8, 4) is 0 Å². The number of amides is 1. The van der Waals surface area contributed by atoms with Gasteiger partial charge in [-0.25, -0.2) is 4.98 Å². The van der Waals surface area contributed by atoms with Crippen LogP contribution in [0.3, 0.4) is 0 Å². The molecule has 6 nitrogen and oxygen atoms in total. The predicted molar refractivity (Wildman–Crippen MR) is 107 cm³/mol. The van der Waals surface area contributed by atoms with Crippen molar-refractivity contribution in [1.82, 2.24) is 19.8 Å². The number of fused-ring (bicyclic) bond motifs is 2. The zero-order valence-corrected chi connectivity index (χ0v) is 16.8. The van der Waals surface area contributed by atoms with Crippen molar-refractivity contribution in [1.29, 1.82) is 0 Å². The lowest BCUT2D eigenvalue weighted by atomic mass is 9.72. The van der Waals surface area contributed by atoms with E-state index in [1.54, 1.807) is 12.4 Å². The molecule has 2 aromatic rings. The zero-order chi connectivity index (χ0) is 19.9. The lowest BCUT2D eigenvalue weighted by Gasteiger charge is -2.43. The molecule has 2 aliphatic rings. The van der Waals surface area contributed by atoms with Gasteiger partial charge in [0.05, 0.1) is 24.0 Å². The summed E-state index contributed by atoms with van der Waals surface area (Å²) < 4.78 is 0. The third kappa shape index (κ3) is 2.91. The Morgan fingerprint density at radius 2 is 1.96 bits per heavy atom. The normalized spacial score (nSPS) is 23.2. The number of aromatic nitrogens is 2. The van der Waals surface area contributed by atoms with Crippen LogP contribution in [0.1, 0.15) is 53.1 Å². The number of rotatable bonds is 3. The van der Waals surface area contributed by atoms with E-state index in [2.05, 4.69) is 53.1 Å². The molecule has 0 radical (unpaired) electrons. The van der Waals surface area contributed by atoms with Crippen LogP contribution in [-0.2, 0) is 5.41 Å². The van der Waals surface area contributed by atoms with E-state index < -0.39 is 6.10 Å². The second-order valence-corrected chi connectivity index (χ2v) is 8.04. The van der Waals surface area contributed by atoms with Crippen molar-refractivity contribution in [2.75, 3.05) is 26.7 Å². The van der Waals surface area contributed by atoms with Gasteiger partial charge in [0.25, 0.3) is 5.91 Å². The molecule has 2 heterocycles. The van der Waals surface area contributed by atoms with Crippen LogP contribution >= 0.6 is 0 Å². The Morgan fingerprint density at radius 1 is 1.25 bits per heavy atom. The van der Waals surface area contributed by atoms with E-state index in [1.807, 2.05) is 11.8 Å². The number of carbonyl (C=O) groups excluding carboxylic acids is 1. The maximum Gasteiger partial charge on any atom is 0.274 e. The van der Waals surface area contributed by atoms with E-state index in [0.717, 1.165) is 25.1 Å². The van der Waals surface area contributed by atoms with Gasteiger partial charge in [0.2, 0.25) is 0 Å². The first kappa shape index (κ1) is 19.0. The Kier molecular flexibility index (Phi) is 4.93. The quantitative estimate of drug-likeness (QED) is 0.885. The molecule has 1 aromatic carbocycles. The number of aliphatic hydroxyl groups excluding tert-OH is 1. The van der Waals surface area contributed by atoms with Crippen molar-refractivity contribution < 1.29 is 9.90 Å². The van der Waals surface area contributed by atoms with E-state index in [0.29, 0.717) is 18.8 Å². The molecule has 1 aromatic heterocycles. The molecule has 0 bridgehead atoms. The molecule has 1 amide bonds. The lowest BCUT2D eigenvalue weighted by molar-refractivity contribution is -0.00602. The molecule has 0 saturated carbocycles. The molecular formula is C22H28N4O2. The molecular weight excluding hydrogens is 352 g/mol. The average molecular weight is 380 g/mol. The third-order valence-electron chi connectivity index (χ3n) is 6.60. The van der Waals surface area contributed by atoms with Gasteiger partial charge in [-0.05, 0) is 44.5 Å². The fourth-order valence-electron chi connectivity index (χ4n) is 4.85. The number of aliphatic hydroxyl groups is 1. The number of carbonyl (C=O) groups is 1. The summed E-state index contributed by atoms with van der Waals surface area (Å²) in [6.45, 7) is 6.08. The molecule has 1 aliphatic carbocycles. The number of aryl methyl sites for hydroxylation is 1. The number of likely N-dealkylation sites (N-methyl/N-ethyl adjacent to an activating group) is 1. The van der Waals surface area contributed by atoms with Crippen LogP contribution in [0.4, 0.5) is 0 Å². The van der Waals surface area contributed by atoms with E-state index in [1.165, 1.54) is 11.1 Å². The summed E-state index contributed by atoms with van der Waals surface area (Å²) in [5.74, 6) is -0.0784. The monoisotopic (exact) mass is 380 g/mol. The highest BCUT2D eigenvalue weighted by atomic mass is 16.3. The number of benzene rings is 1. The molecule has 4 rings (SSSR count). The molecule has 1 aliphatic heterocycles. The van der Waals surface area contributed by atoms with Gasteiger partial charge in [-0.1, -0.05) is 31.2 Å². The second kappa shape index (κ2) is 7.26. The van der Waals surface area contributed by atoms with Crippen LogP contribution in [0.15, 0.2) is 36.7 Å². The fraction of sp³-hybridized carbons (Fsp3) is 0.500. The molecule has 2 atom stereocenters. The first-order chi connectivity index (χ1) is 13.5. The van der Waals surface area contributed by atoms with Crippen molar-refractivity contribution >= 4 is 5.91 Å². The second-order valence-electron chi connectivity index (χ2n) is 8.04. The average Bonchev–Trinajstić information content (AvgIpc) is 2.96. The minimum atomic E-state index is -0.466. The van der Waals surface area contributed by atoms with Crippen LogP contribution in [0, 0.1) is 6.92 Å². The van der Waals surface area contributed by atoms with Gasteiger partial charge in [-0.2, -0.15) is 0 Å². The molecule has 28 heavy (non-hydrogen) atoms. The highest BCUT2D eigenvalue weighted by molar-refractivity contribution is 5.92. The summed E-state index contributed by atoms with van der Waals surface area (Å²) in [7, 11) is 2.07. The Labute approximate surface area is 166 Å². The van der Waals surface area contributed by atoms with E-state index in [4.69, 9.17) is 0 Å². The molecule has 1 spiro atoms. The van der Waals surface area contributed by atoms with Crippen LogP contribution in [-0.4, -0.2) is 63.6 Å². The highest BCUT2D eigenvalue weighted by Gasteiger charge is 2.53. The molecule has 6 heteroatoms. The van der Waals surface area contributed by atoms with Crippen molar-refractivity contribution in [2.24, 2.45) is 0 Å². The number of piperidine rings is 1. The number of hydrogen-bond acceptors (Lipinski definition) is 5. The molecule has 1 N–H and O–H groups in total. The summed E-state index contributed by atoms with van der Waals surface area (Å²) in [6.07, 6.45) is 4.22. The van der Waals surface area contributed by atoms with Gasteiger partial charge in [-0.15, -0.1) is 0 Å². The van der Waals surface area contributed by atoms with Gasteiger partial charge < -0.3 is 10.0 Å². The standard InChI is InChI=1S/C22H28N4O2/c1-4-25(3)19-16-7-5-6-8-17(16)22(20(19)27)9-11-26(12-10-22)21(28)18-14-23-15(2)13-24-18/h5-8,13-14,19-20,27H,4,9-12H2,1-3H3/t19-,20+/m1/s1. The number of nitrogens with zero attached hydrogens (tertiary/aromatic N) is 4. The van der Waals surface area contributed by atoms with E-state index in [-0.39, 0.29) is 17.4 Å². The summed E-state index contributed by atoms with van der Waals surface area (Å²) in [5.41, 5.74) is 3.36. The first-order valence-corrected chi connectivity index (χ1v) is 10.0. The Bertz CT molecular complexity index is 859. The van der Waals surface area contributed by atoms with Gasteiger partial charge in [-0.3, -0.25) is 14.7 Å². The lowest BCUT2D eigenvalue weighted by Crippen LogP contribution is -2.50. The SMILES string of the molecule is CCN(C)[C@@H]1c2ccccc2C2(CCN(C(=O)c3cnc(C)cn3)CC2)[C@H]1O. The minimum Gasteiger partial charge on any atom is -0.390 e. The zero-order valence-electron chi connectivity index (χ0n) is 16.8. The number of likely N-dealkylation sites (tertiary alicyclic amines) is 1. The molecule has 0 unspecified atom stereocenters. The summed E-state index contributed by atoms with van der Waals surface area (Å²) in [6, 6.07) is 8.41. The fourth-order valence-corrected chi connectivity index (χ4v) is 4.85. The largest absolute Gasteiger partial charge is 0.390 e. The molecule has 1 fully saturated rings. The van der Waals surface area contributed by atoms with Gasteiger partial charge in [0, 0.05) is 24.7 Å². The van der Waals surface area contributed by atoms with Gasteiger partial charge in [0.1, 0.15) is 5.69 Å². The maximum atomic E-state index is 12.8. The number of hydrogen-bond donors (Lipinski definition) is 1. The smallest absolute Gasteiger partial charge is 0.274 e. The molecule has 1 saturated heterocycles. The topological polar surface area (TPSA) is 69.6 Å². The Hall–Kier alpha value is -2.31. The predicted octanol–water partition coefficient (Wildman–Crippen LogP) is 2.33. The van der Waals surface area contributed by atoms with Crippen LogP contribution in [0.2, 0.25) is 0 Å². The Balaban J connectivity index is 1.58. The Morgan fingerprint density at radius 3 is 2.61 bits per heavy atom. The summed E-state index contributed by atoms with van der Waals surface area (Å²) >= 11 is 0. The highest BCUT2D eigenvalue weighted by Crippen LogP contribution is 2.52. The summed E-state index contributed by atoms with van der Waals surface area (Å²) in [4.78, 5) is 25.3. The maximum absolute atomic E-state index is 12.8. The summed E-state index contributed by atoms with van der Waals surface area (Å²) in [5, 5.41) is 11.4. The van der Waals surface area contributed by atoms with E-state index >= 15 is 0 Å². The van der Waals surface area contributed by atoms with Crippen LogP contribution in [0.5, 0.6) is 0 Å². The third-order valence-corrected chi connectivity index (χ3v) is 6.60. The molecule has 148 valence electrons. The van der Waals surface area contributed by atoms with Crippen molar-refractivity contribution in [3.63, 3.8) is 0 Å². The van der Waals surface area contributed by atoms with Crippen molar-refractivity contribution in [2.45, 2.75) is 44.2 Å².